The van der Waals surface area contributed by atoms with E-state index in [1.54, 1.807) is 31.1 Å². The summed E-state index contributed by atoms with van der Waals surface area (Å²) >= 11 is 0. The summed E-state index contributed by atoms with van der Waals surface area (Å²) in [6.45, 7) is 4.93. The summed E-state index contributed by atoms with van der Waals surface area (Å²) in [5, 5.41) is 9.92. The molecule has 2 N–H and O–H groups in total. The second kappa shape index (κ2) is 18.5. The van der Waals surface area contributed by atoms with E-state index in [9.17, 15) is 14.4 Å². The number of methoxy groups -OCH3 is 3. The number of likely N-dealkylation sites (tertiary alicyclic amines) is 1. The second-order valence-electron chi connectivity index (χ2n) is 17.8. The number of hydrazone groups is 1. The number of benzene rings is 3. The van der Waals surface area contributed by atoms with Crippen molar-refractivity contribution in [2.45, 2.75) is 83.2 Å². The van der Waals surface area contributed by atoms with Crippen LogP contribution in [0.2, 0.25) is 0 Å². The number of amides is 3. The number of carbonyl (C=O) groups excluding carboxylic acids is 3. The number of fused-ring (bicyclic) bond motifs is 2. The van der Waals surface area contributed by atoms with Gasteiger partial charge in [-0.15, -0.1) is 0 Å². The maximum atomic E-state index is 15.3. The number of piperidine rings is 1. The van der Waals surface area contributed by atoms with Gasteiger partial charge in [-0.3, -0.25) is 14.4 Å². The van der Waals surface area contributed by atoms with Crippen LogP contribution >= 0.6 is 0 Å². The SMILES string of the molecule is COc1cc(OCC2CC2)c(-c2ncnc3c(C(=O)N[C@@H](C(=O)N4CCC(N5N=C(c6ccc(OC)c(OC)c6)[C@H]6CCCC[C@H]6C5=O)CC4)[C@@H](C)c4ccccc4)c(C)[nH]c23)cc1F. The molecule has 0 unspecified atom stereocenters. The smallest absolute Gasteiger partial charge is 0.255 e. The minimum Gasteiger partial charge on any atom is -0.494 e. The first kappa shape index (κ1) is 43.7. The largest absolute Gasteiger partial charge is 0.494 e. The molecule has 5 aromatic rings. The van der Waals surface area contributed by atoms with Crippen molar-refractivity contribution in [3.63, 3.8) is 0 Å². The molecule has 2 aliphatic heterocycles. The molecule has 4 aliphatic rings. The van der Waals surface area contributed by atoms with Gasteiger partial charge in [0.25, 0.3) is 5.91 Å². The highest BCUT2D eigenvalue weighted by molar-refractivity contribution is 6.10. The lowest BCUT2D eigenvalue weighted by molar-refractivity contribution is -0.143. The lowest BCUT2D eigenvalue weighted by Crippen LogP contribution is -2.56. The maximum absolute atomic E-state index is 15.3. The quantitative estimate of drug-likeness (QED) is 0.113. The number of aromatic nitrogens is 3. The molecule has 3 amide bonds. The van der Waals surface area contributed by atoms with Crippen LogP contribution < -0.4 is 24.3 Å². The normalized spacial score (nSPS) is 19.8. The number of hydrogen-bond acceptors (Lipinski definition) is 10. The molecule has 0 bridgehead atoms. The fraction of sp³-hybridized carbons (Fsp3) is 0.440. The van der Waals surface area contributed by atoms with E-state index in [0.29, 0.717) is 83.7 Å². The molecule has 65 heavy (non-hydrogen) atoms. The standard InChI is InChI=1S/C50H56FN7O7/c1-28(31-11-7-6-8-12-31)43(55-48(59)42-29(2)54-47-45(52-27-53-46(42)47)36-24-37(51)40(63-4)25-39(36)65-26-30-15-16-30)50(61)57-21-19-33(20-22-57)58-49(60)35-14-10-9-13-34(35)44(56-58)32-17-18-38(62-3)41(23-32)64-5/h6-8,11-12,17-18,23-25,27-28,30,33-35,43,54H,9-10,13-16,19-22,26H2,1-5H3,(H,55,59)/t28-,34-,35+,43+/m0/s1. The van der Waals surface area contributed by atoms with Crippen LogP contribution in [0.3, 0.4) is 0 Å². The molecule has 0 spiro atoms. The molecular weight excluding hydrogens is 830 g/mol. The van der Waals surface area contributed by atoms with Gasteiger partial charge in [-0.05, 0) is 81.2 Å². The summed E-state index contributed by atoms with van der Waals surface area (Å²) in [5.41, 5.74) is 4.96. The van der Waals surface area contributed by atoms with Crippen LogP contribution in [-0.2, 0) is 9.59 Å². The molecule has 2 aliphatic carbocycles. The first-order chi connectivity index (χ1) is 31.6. The number of rotatable bonds is 14. The molecule has 0 radical (unpaired) electrons. The van der Waals surface area contributed by atoms with Crippen molar-refractivity contribution in [2.75, 3.05) is 41.0 Å². The van der Waals surface area contributed by atoms with Gasteiger partial charge in [-0.2, -0.15) is 5.10 Å². The molecule has 2 saturated carbocycles. The summed E-state index contributed by atoms with van der Waals surface area (Å²) in [5.74, 6) is 0.329. The van der Waals surface area contributed by atoms with Gasteiger partial charge in [0.15, 0.2) is 23.1 Å². The number of H-pyrrole nitrogens is 1. The highest BCUT2D eigenvalue weighted by Crippen LogP contribution is 2.42. The van der Waals surface area contributed by atoms with Gasteiger partial charge in [0.1, 0.15) is 29.3 Å². The summed E-state index contributed by atoms with van der Waals surface area (Å²) < 4.78 is 37.9. The van der Waals surface area contributed by atoms with Crippen LogP contribution in [0.1, 0.15) is 91.4 Å². The van der Waals surface area contributed by atoms with E-state index >= 15 is 4.39 Å². The van der Waals surface area contributed by atoms with Crippen molar-refractivity contribution in [1.29, 1.82) is 0 Å². The topological polar surface area (TPSA) is 161 Å². The average molecular weight is 886 g/mol. The molecule has 4 atom stereocenters. The Hall–Kier alpha value is -6.51. The predicted molar refractivity (Wildman–Crippen MR) is 243 cm³/mol. The van der Waals surface area contributed by atoms with Gasteiger partial charge in [0.2, 0.25) is 11.8 Å². The first-order valence-electron chi connectivity index (χ1n) is 22.7. The van der Waals surface area contributed by atoms with Crippen molar-refractivity contribution in [2.24, 2.45) is 22.9 Å². The molecule has 9 rings (SSSR count). The van der Waals surface area contributed by atoms with Crippen LogP contribution in [0.4, 0.5) is 4.39 Å². The third-order valence-corrected chi connectivity index (χ3v) is 13.7. The fourth-order valence-electron chi connectivity index (χ4n) is 9.87. The van der Waals surface area contributed by atoms with Gasteiger partial charge in [-0.1, -0.05) is 50.1 Å². The van der Waals surface area contributed by atoms with Crippen LogP contribution in [-0.4, -0.2) is 101 Å². The van der Waals surface area contributed by atoms with Crippen LogP contribution in [0.25, 0.3) is 22.3 Å². The number of halogens is 1. The average Bonchev–Trinajstić information content (AvgIpc) is 4.11. The van der Waals surface area contributed by atoms with Gasteiger partial charge in [-0.25, -0.2) is 19.4 Å². The Morgan fingerprint density at radius 1 is 0.862 bits per heavy atom. The molecule has 340 valence electrons. The highest BCUT2D eigenvalue weighted by Gasteiger charge is 2.45. The van der Waals surface area contributed by atoms with Crippen molar-refractivity contribution >= 4 is 34.5 Å². The Labute approximate surface area is 377 Å². The first-order valence-corrected chi connectivity index (χ1v) is 22.7. The van der Waals surface area contributed by atoms with E-state index < -0.39 is 23.7 Å². The Bertz CT molecular complexity index is 2620. The zero-order chi connectivity index (χ0) is 45.4. The van der Waals surface area contributed by atoms with E-state index in [0.717, 1.165) is 55.4 Å². The monoisotopic (exact) mass is 885 g/mol. The van der Waals surface area contributed by atoms with Gasteiger partial charge in [0, 0.05) is 53.7 Å². The fourth-order valence-corrected chi connectivity index (χ4v) is 9.87. The molecule has 3 aromatic carbocycles. The number of hydrogen-bond donors (Lipinski definition) is 2. The Balaban J connectivity index is 0.976. The molecule has 2 aromatic heterocycles. The van der Waals surface area contributed by atoms with Crippen molar-refractivity contribution in [1.82, 2.24) is 30.2 Å². The van der Waals surface area contributed by atoms with E-state index in [1.165, 1.54) is 25.6 Å². The van der Waals surface area contributed by atoms with Crippen molar-refractivity contribution in [3.8, 4) is 34.3 Å². The summed E-state index contributed by atoms with van der Waals surface area (Å²) in [6, 6.07) is 17.1. The Kier molecular flexibility index (Phi) is 12.5. The zero-order valence-electron chi connectivity index (χ0n) is 37.6. The Morgan fingerprint density at radius 3 is 2.29 bits per heavy atom. The summed E-state index contributed by atoms with van der Waals surface area (Å²) in [4.78, 5) is 57.8. The van der Waals surface area contributed by atoms with Gasteiger partial charge < -0.3 is 34.1 Å². The Morgan fingerprint density at radius 2 is 1.58 bits per heavy atom. The predicted octanol–water partition coefficient (Wildman–Crippen LogP) is 7.83. The number of aryl methyl sites for hydroxylation is 1. The van der Waals surface area contributed by atoms with Crippen molar-refractivity contribution < 1.29 is 37.7 Å². The minimum absolute atomic E-state index is 0.0174. The van der Waals surface area contributed by atoms with Crippen LogP contribution in [0.5, 0.6) is 23.0 Å². The molecule has 4 heterocycles. The third kappa shape index (κ3) is 8.60. The number of aromatic amines is 1. The summed E-state index contributed by atoms with van der Waals surface area (Å²) in [6.07, 6.45) is 8.27. The maximum Gasteiger partial charge on any atom is 0.255 e. The molecule has 1 saturated heterocycles. The second-order valence-corrected chi connectivity index (χ2v) is 17.8. The number of nitrogens with zero attached hydrogens (tertiary/aromatic N) is 5. The van der Waals surface area contributed by atoms with Crippen LogP contribution in [0, 0.1) is 30.5 Å². The molecule has 15 heteroatoms. The number of ether oxygens (including phenoxy) is 4. The van der Waals surface area contributed by atoms with E-state index in [-0.39, 0.29) is 41.0 Å². The van der Waals surface area contributed by atoms with Gasteiger partial charge >= 0.3 is 0 Å². The van der Waals surface area contributed by atoms with E-state index in [1.807, 2.05) is 55.5 Å². The van der Waals surface area contributed by atoms with Gasteiger partial charge in [0.05, 0.1) is 50.8 Å². The zero-order valence-corrected chi connectivity index (χ0v) is 37.6. The molecular formula is C50H56FN7O7. The lowest BCUT2D eigenvalue weighted by Gasteiger charge is -2.44. The number of nitrogens with one attached hydrogen (secondary N) is 2. The highest BCUT2D eigenvalue weighted by atomic mass is 19.1. The van der Waals surface area contributed by atoms with E-state index in [4.69, 9.17) is 24.0 Å². The third-order valence-electron chi connectivity index (χ3n) is 13.7. The van der Waals surface area contributed by atoms with Crippen molar-refractivity contribution in [3.05, 3.63) is 95.2 Å². The minimum atomic E-state index is -0.945. The molecule has 3 fully saturated rings. The van der Waals surface area contributed by atoms with E-state index in [2.05, 4.69) is 20.3 Å². The summed E-state index contributed by atoms with van der Waals surface area (Å²) in [7, 11) is 4.62. The number of carbonyl (C=O) groups is 3. The lowest BCUT2D eigenvalue weighted by atomic mass is 9.73. The molecule has 14 nitrogen and oxygen atoms in total. The van der Waals surface area contributed by atoms with Crippen LogP contribution in [0.15, 0.2) is 72.1 Å².